The Bertz CT molecular complexity index is 452. The number of halogens is 2. The molecule has 1 atom stereocenters. The molecule has 1 rings (SSSR count). The van der Waals surface area contributed by atoms with Crippen molar-refractivity contribution < 1.29 is 13.9 Å². The summed E-state index contributed by atoms with van der Waals surface area (Å²) in [7, 11) is 0. The fourth-order valence-electron chi connectivity index (χ4n) is 2.64. The summed E-state index contributed by atoms with van der Waals surface area (Å²) in [4.78, 5) is 0. The van der Waals surface area contributed by atoms with Gasteiger partial charge in [-0.15, -0.1) is 0 Å². The van der Waals surface area contributed by atoms with Crippen LogP contribution < -0.4 is 5.32 Å². The minimum absolute atomic E-state index is 0.0101. The summed E-state index contributed by atoms with van der Waals surface area (Å²) in [5.74, 6) is -1.14. The van der Waals surface area contributed by atoms with Crippen molar-refractivity contribution in [2.75, 3.05) is 6.54 Å². The number of aliphatic hydroxyl groups excluding tert-OH is 1. The highest BCUT2D eigenvalue weighted by molar-refractivity contribution is 5.21. The predicted octanol–water partition coefficient (Wildman–Crippen LogP) is 3.80. The molecule has 0 saturated heterocycles. The van der Waals surface area contributed by atoms with E-state index in [0.29, 0.717) is 0 Å². The molecule has 1 aromatic rings. The van der Waals surface area contributed by atoms with Crippen molar-refractivity contribution in [2.45, 2.75) is 52.7 Å². The summed E-state index contributed by atoms with van der Waals surface area (Å²) >= 11 is 0. The van der Waals surface area contributed by atoms with E-state index in [-0.39, 0.29) is 23.1 Å². The normalized spacial score (nSPS) is 14.4. The van der Waals surface area contributed by atoms with Gasteiger partial charge in [0.2, 0.25) is 0 Å². The molecule has 0 spiro atoms. The van der Waals surface area contributed by atoms with Crippen LogP contribution in [0.4, 0.5) is 8.78 Å². The van der Waals surface area contributed by atoms with Gasteiger partial charge >= 0.3 is 0 Å². The standard InChI is InChI=1S/C16H25F2NO/c1-15(2,3)10-16(4,5)19-9-14(20)12-8-11(17)6-7-13(12)18/h6-8,14,19-20H,9-10H2,1-5H3. The van der Waals surface area contributed by atoms with Crippen molar-refractivity contribution in [3.8, 4) is 0 Å². The largest absolute Gasteiger partial charge is 0.387 e. The lowest BCUT2D eigenvalue weighted by Crippen LogP contribution is -2.44. The molecular formula is C16H25F2NO. The molecule has 4 heteroatoms. The second kappa shape index (κ2) is 6.19. The molecule has 20 heavy (non-hydrogen) atoms. The number of nitrogens with one attached hydrogen (secondary N) is 1. The van der Waals surface area contributed by atoms with Crippen LogP contribution in [0.5, 0.6) is 0 Å². The maximum absolute atomic E-state index is 13.6. The molecule has 2 nitrogen and oxygen atoms in total. The van der Waals surface area contributed by atoms with Crippen molar-refractivity contribution in [2.24, 2.45) is 5.41 Å². The lowest BCUT2D eigenvalue weighted by molar-refractivity contribution is 0.144. The van der Waals surface area contributed by atoms with Crippen molar-refractivity contribution >= 4 is 0 Å². The van der Waals surface area contributed by atoms with Crippen LogP contribution in [0.15, 0.2) is 18.2 Å². The highest BCUT2D eigenvalue weighted by atomic mass is 19.1. The quantitative estimate of drug-likeness (QED) is 0.862. The molecule has 0 heterocycles. The van der Waals surface area contributed by atoms with Gasteiger partial charge in [0, 0.05) is 17.6 Å². The summed E-state index contributed by atoms with van der Waals surface area (Å²) in [6.07, 6.45) is -0.164. The number of benzene rings is 1. The first-order valence-corrected chi connectivity index (χ1v) is 6.88. The fourth-order valence-corrected chi connectivity index (χ4v) is 2.64. The summed E-state index contributed by atoms with van der Waals surface area (Å²) in [6.45, 7) is 10.7. The molecule has 0 bridgehead atoms. The van der Waals surface area contributed by atoms with E-state index < -0.39 is 17.7 Å². The van der Waals surface area contributed by atoms with Crippen LogP contribution in [-0.4, -0.2) is 17.2 Å². The molecule has 1 unspecified atom stereocenters. The molecule has 0 radical (unpaired) electrons. The van der Waals surface area contributed by atoms with Crippen molar-refractivity contribution in [3.05, 3.63) is 35.4 Å². The van der Waals surface area contributed by atoms with E-state index in [1.807, 2.05) is 13.8 Å². The summed E-state index contributed by atoms with van der Waals surface area (Å²) in [6, 6.07) is 3.12. The Morgan fingerprint density at radius 2 is 1.75 bits per heavy atom. The first kappa shape index (κ1) is 17.1. The average Bonchev–Trinajstić information content (AvgIpc) is 2.26. The summed E-state index contributed by atoms with van der Waals surface area (Å²) in [5, 5.41) is 13.2. The van der Waals surface area contributed by atoms with E-state index in [2.05, 4.69) is 26.1 Å². The lowest BCUT2D eigenvalue weighted by atomic mass is 9.81. The minimum atomic E-state index is -1.06. The zero-order valence-corrected chi connectivity index (χ0v) is 12.9. The Kier molecular flexibility index (Phi) is 5.27. The van der Waals surface area contributed by atoms with Crippen molar-refractivity contribution in [1.82, 2.24) is 5.32 Å². The molecule has 0 aliphatic heterocycles. The molecule has 1 aromatic carbocycles. The van der Waals surface area contributed by atoms with Gasteiger partial charge < -0.3 is 10.4 Å². The monoisotopic (exact) mass is 285 g/mol. The molecule has 0 saturated carbocycles. The molecule has 0 fully saturated rings. The molecule has 0 aliphatic carbocycles. The second-order valence-electron chi connectivity index (χ2n) is 7.18. The van der Waals surface area contributed by atoms with Gasteiger partial charge in [-0.25, -0.2) is 8.78 Å². The van der Waals surface area contributed by atoms with Crippen LogP contribution in [0.25, 0.3) is 0 Å². The van der Waals surface area contributed by atoms with Crippen LogP contribution >= 0.6 is 0 Å². The fraction of sp³-hybridized carbons (Fsp3) is 0.625. The second-order valence-corrected chi connectivity index (χ2v) is 7.18. The van der Waals surface area contributed by atoms with Crippen LogP contribution in [0.1, 0.15) is 52.7 Å². The first-order valence-electron chi connectivity index (χ1n) is 6.88. The Balaban J connectivity index is 2.67. The zero-order chi connectivity index (χ0) is 15.6. The smallest absolute Gasteiger partial charge is 0.129 e. The SMILES string of the molecule is CC(C)(C)CC(C)(C)NCC(O)c1cc(F)ccc1F. The molecule has 0 aliphatic rings. The number of hydrogen-bond acceptors (Lipinski definition) is 2. The van der Waals surface area contributed by atoms with Crippen molar-refractivity contribution in [1.29, 1.82) is 0 Å². The summed E-state index contributed by atoms with van der Waals surface area (Å²) < 4.78 is 26.7. The third kappa shape index (κ3) is 5.55. The zero-order valence-electron chi connectivity index (χ0n) is 12.9. The van der Waals surface area contributed by atoms with E-state index >= 15 is 0 Å². The van der Waals surface area contributed by atoms with Gasteiger partial charge in [0.15, 0.2) is 0 Å². The van der Waals surface area contributed by atoms with Crippen molar-refractivity contribution in [3.63, 3.8) is 0 Å². The van der Waals surface area contributed by atoms with Gasteiger partial charge in [-0.3, -0.25) is 0 Å². The highest BCUT2D eigenvalue weighted by Crippen LogP contribution is 2.27. The van der Waals surface area contributed by atoms with E-state index in [4.69, 9.17) is 0 Å². The van der Waals surface area contributed by atoms with Gasteiger partial charge in [0.1, 0.15) is 11.6 Å². The van der Waals surface area contributed by atoms with Gasteiger partial charge in [0.05, 0.1) is 6.10 Å². The summed E-state index contributed by atoms with van der Waals surface area (Å²) in [5.41, 5.74) is -0.0572. The van der Waals surface area contributed by atoms with E-state index in [9.17, 15) is 13.9 Å². The molecule has 0 amide bonds. The van der Waals surface area contributed by atoms with E-state index in [1.54, 1.807) is 0 Å². The third-order valence-electron chi connectivity index (χ3n) is 3.06. The van der Waals surface area contributed by atoms with Gasteiger partial charge in [0.25, 0.3) is 0 Å². The predicted molar refractivity (Wildman–Crippen MR) is 77.5 cm³/mol. The number of aliphatic hydroxyl groups is 1. The van der Waals surface area contributed by atoms with Crippen LogP contribution in [0.3, 0.4) is 0 Å². The van der Waals surface area contributed by atoms with Crippen LogP contribution in [0.2, 0.25) is 0 Å². The molecular weight excluding hydrogens is 260 g/mol. The first-order chi connectivity index (χ1) is 9.00. The number of β-amino-alcohol motifs (C(OH)–C–C–N with tert-alkyl or cyclic N) is 1. The van der Waals surface area contributed by atoms with Gasteiger partial charge in [-0.1, -0.05) is 20.8 Å². The lowest BCUT2D eigenvalue weighted by Gasteiger charge is -2.34. The number of hydrogen-bond donors (Lipinski definition) is 2. The molecule has 114 valence electrons. The van der Waals surface area contributed by atoms with Crippen LogP contribution in [-0.2, 0) is 0 Å². The average molecular weight is 285 g/mol. The van der Waals surface area contributed by atoms with E-state index in [1.165, 1.54) is 0 Å². The number of rotatable bonds is 5. The van der Waals surface area contributed by atoms with Gasteiger partial charge in [-0.05, 0) is 43.9 Å². The molecule has 0 aromatic heterocycles. The Labute approximate surface area is 120 Å². The van der Waals surface area contributed by atoms with E-state index in [0.717, 1.165) is 24.6 Å². The third-order valence-corrected chi connectivity index (χ3v) is 3.06. The Morgan fingerprint density at radius 1 is 1.15 bits per heavy atom. The minimum Gasteiger partial charge on any atom is -0.387 e. The Hall–Kier alpha value is -1.00. The topological polar surface area (TPSA) is 32.3 Å². The highest BCUT2D eigenvalue weighted by Gasteiger charge is 2.26. The maximum atomic E-state index is 13.6. The van der Waals surface area contributed by atoms with Crippen LogP contribution in [0, 0.1) is 17.0 Å². The maximum Gasteiger partial charge on any atom is 0.129 e. The molecule has 2 N–H and O–H groups in total. The van der Waals surface area contributed by atoms with Gasteiger partial charge in [-0.2, -0.15) is 0 Å². The Morgan fingerprint density at radius 3 is 2.30 bits per heavy atom.